The molecule has 0 aliphatic heterocycles. The van der Waals surface area contributed by atoms with Gasteiger partial charge in [-0.25, -0.2) is 0 Å². The van der Waals surface area contributed by atoms with Crippen LogP contribution in [0.1, 0.15) is 71.6 Å². The van der Waals surface area contributed by atoms with Crippen molar-refractivity contribution in [2.75, 3.05) is 33.3 Å². The van der Waals surface area contributed by atoms with Crippen LogP contribution in [0.3, 0.4) is 0 Å². The minimum absolute atomic E-state index is 0.0854. The predicted molar refractivity (Wildman–Crippen MR) is 91.7 cm³/mol. The molecule has 0 saturated heterocycles. The first-order chi connectivity index (χ1) is 10.1. The summed E-state index contributed by atoms with van der Waals surface area (Å²) in [5.41, 5.74) is -0.0854. The lowest BCUT2D eigenvalue weighted by Crippen LogP contribution is -2.46. The van der Waals surface area contributed by atoms with Crippen molar-refractivity contribution in [3.63, 3.8) is 0 Å². The minimum Gasteiger partial charge on any atom is -0.394 e. The molecule has 0 aromatic carbocycles. The van der Waals surface area contributed by atoms with Gasteiger partial charge in [0.1, 0.15) is 0 Å². The van der Waals surface area contributed by atoms with Crippen molar-refractivity contribution in [2.45, 2.75) is 77.2 Å². The number of hydrogen-bond acceptors (Lipinski definition) is 3. The van der Waals surface area contributed by atoms with E-state index in [1.807, 2.05) is 0 Å². The summed E-state index contributed by atoms with van der Waals surface area (Å²) < 4.78 is 0. The van der Waals surface area contributed by atoms with Crippen LogP contribution in [-0.2, 0) is 0 Å². The second kappa shape index (κ2) is 10.6. The number of hydrogen-bond donors (Lipinski definition) is 2. The number of nitrogens with one attached hydrogen (secondary N) is 1. The fourth-order valence-electron chi connectivity index (χ4n) is 3.45. The summed E-state index contributed by atoms with van der Waals surface area (Å²) in [6, 6.07) is 0. The number of nitrogens with zero attached hydrogens (tertiary/aromatic N) is 1. The molecule has 0 bridgehead atoms. The first-order valence-electron chi connectivity index (χ1n) is 9.14. The highest BCUT2D eigenvalue weighted by molar-refractivity contribution is 4.82. The first-order valence-corrected chi connectivity index (χ1v) is 9.14. The lowest BCUT2D eigenvalue weighted by atomic mass is 9.89. The van der Waals surface area contributed by atoms with Gasteiger partial charge in [0.2, 0.25) is 0 Å². The third-order valence-corrected chi connectivity index (χ3v) is 4.96. The van der Waals surface area contributed by atoms with Crippen LogP contribution >= 0.6 is 0 Å². The molecule has 1 rings (SSSR count). The maximum Gasteiger partial charge on any atom is 0.0610 e. The van der Waals surface area contributed by atoms with E-state index in [1.54, 1.807) is 0 Å². The lowest BCUT2D eigenvalue weighted by Gasteiger charge is -2.30. The molecule has 0 spiro atoms. The summed E-state index contributed by atoms with van der Waals surface area (Å²) in [6.45, 7) is 8.04. The SMILES string of the molecule is CCCNC(C)(CO)CCCCN(C)CC1CCCCC1. The van der Waals surface area contributed by atoms with Gasteiger partial charge in [-0.1, -0.05) is 32.6 Å². The Morgan fingerprint density at radius 2 is 1.90 bits per heavy atom. The van der Waals surface area contributed by atoms with Gasteiger partial charge < -0.3 is 15.3 Å². The van der Waals surface area contributed by atoms with Crippen molar-refractivity contribution >= 4 is 0 Å². The van der Waals surface area contributed by atoms with Crippen LogP contribution in [0, 0.1) is 5.92 Å². The molecule has 1 saturated carbocycles. The van der Waals surface area contributed by atoms with Crippen LogP contribution in [-0.4, -0.2) is 48.8 Å². The summed E-state index contributed by atoms with van der Waals surface area (Å²) >= 11 is 0. The molecule has 1 fully saturated rings. The van der Waals surface area contributed by atoms with Gasteiger partial charge in [0.25, 0.3) is 0 Å². The molecule has 21 heavy (non-hydrogen) atoms. The zero-order valence-corrected chi connectivity index (χ0v) is 14.7. The van der Waals surface area contributed by atoms with Gasteiger partial charge in [-0.05, 0) is 65.1 Å². The second-order valence-corrected chi connectivity index (χ2v) is 7.37. The van der Waals surface area contributed by atoms with Crippen LogP contribution in [0.5, 0.6) is 0 Å². The standard InChI is InChI=1S/C18H38N2O/c1-4-13-19-18(2,16-21)12-8-9-14-20(3)15-17-10-6-5-7-11-17/h17,19,21H,4-16H2,1-3H3. The Morgan fingerprint density at radius 3 is 2.52 bits per heavy atom. The Bertz CT molecular complexity index is 254. The third kappa shape index (κ3) is 8.18. The van der Waals surface area contributed by atoms with E-state index in [-0.39, 0.29) is 12.1 Å². The Labute approximate surface area is 132 Å². The van der Waals surface area contributed by atoms with Gasteiger partial charge in [-0.15, -0.1) is 0 Å². The van der Waals surface area contributed by atoms with Crippen molar-refractivity contribution < 1.29 is 5.11 Å². The fraction of sp³-hybridized carbons (Fsp3) is 1.00. The van der Waals surface area contributed by atoms with E-state index in [9.17, 15) is 5.11 Å². The molecular weight excluding hydrogens is 260 g/mol. The molecule has 126 valence electrons. The zero-order chi connectivity index (χ0) is 15.6. The van der Waals surface area contributed by atoms with Gasteiger partial charge in [0.15, 0.2) is 0 Å². The Hall–Kier alpha value is -0.120. The van der Waals surface area contributed by atoms with Gasteiger partial charge in [0.05, 0.1) is 6.61 Å². The molecule has 1 unspecified atom stereocenters. The van der Waals surface area contributed by atoms with Gasteiger partial charge >= 0.3 is 0 Å². The van der Waals surface area contributed by atoms with Gasteiger partial charge in [-0.3, -0.25) is 0 Å². The largest absolute Gasteiger partial charge is 0.394 e. The normalized spacial score (nSPS) is 19.9. The van der Waals surface area contributed by atoms with E-state index in [0.717, 1.165) is 25.3 Å². The molecule has 0 radical (unpaired) electrons. The van der Waals surface area contributed by atoms with Crippen LogP contribution in [0.15, 0.2) is 0 Å². The van der Waals surface area contributed by atoms with E-state index in [2.05, 4.69) is 31.1 Å². The number of unbranched alkanes of at least 4 members (excludes halogenated alkanes) is 1. The van der Waals surface area contributed by atoms with Gasteiger partial charge in [0, 0.05) is 12.1 Å². The van der Waals surface area contributed by atoms with Gasteiger partial charge in [-0.2, -0.15) is 0 Å². The second-order valence-electron chi connectivity index (χ2n) is 7.37. The number of aliphatic hydroxyl groups excluding tert-OH is 1. The summed E-state index contributed by atoms with van der Waals surface area (Å²) in [4.78, 5) is 2.52. The van der Waals surface area contributed by atoms with Crippen LogP contribution in [0.4, 0.5) is 0 Å². The molecule has 0 heterocycles. The van der Waals surface area contributed by atoms with E-state index < -0.39 is 0 Å². The smallest absolute Gasteiger partial charge is 0.0610 e. The Balaban J connectivity index is 2.11. The molecule has 2 N–H and O–H groups in total. The summed E-state index contributed by atoms with van der Waals surface area (Å²) in [7, 11) is 2.27. The summed E-state index contributed by atoms with van der Waals surface area (Å²) in [5, 5.41) is 13.0. The summed E-state index contributed by atoms with van der Waals surface area (Å²) in [5.74, 6) is 0.942. The average molecular weight is 299 g/mol. The molecule has 3 heteroatoms. The van der Waals surface area contributed by atoms with Crippen molar-refractivity contribution in [2.24, 2.45) is 5.92 Å². The van der Waals surface area contributed by atoms with Crippen molar-refractivity contribution in [3.05, 3.63) is 0 Å². The molecule has 0 amide bonds. The van der Waals surface area contributed by atoms with Crippen molar-refractivity contribution in [3.8, 4) is 0 Å². The monoisotopic (exact) mass is 298 g/mol. The average Bonchev–Trinajstić information content (AvgIpc) is 2.50. The maximum absolute atomic E-state index is 9.56. The quantitative estimate of drug-likeness (QED) is 0.574. The first kappa shape index (κ1) is 18.9. The topological polar surface area (TPSA) is 35.5 Å². The van der Waals surface area contributed by atoms with Crippen LogP contribution in [0.25, 0.3) is 0 Å². The van der Waals surface area contributed by atoms with E-state index >= 15 is 0 Å². The van der Waals surface area contributed by atoms with Crippen molar-refractivity contribution in [1.29, 1.82) is 0 Å². The lowest BCUT2D eigenvalue weighted by molar-refractivity contribution is 0.160. The molecule has 0 aromatic rings. The van der Waals surface area contributed by atoms with Crippen LogP contribution < -0.4 is 5.32 Å². The third-order valence-electron chi connectivity index (χ3n) is 4.96. The number of rotatable bonds is 11. The highest BCUT2D eigenvalue weighted by atomic mass is 16.3. The Kier molecular flexibility index (Phi) is 9.54. The molecule has 3 nitrogen and oxygen atoms in total. The minimum atomic E-state index is -0.0854. The summed E-state index contributed by atoms with van der Waals surface area (Å²) in [6.07, 6.45) is 11.8. The molecular formula is C18H38N2O. The zero-order valence-electron chi connectivity index (χ0n) is 14.7. The molecule has 1 aliphatic rings. The predicted octanol–water partition coefficient (Wildman–Crippen LogP) is 3.42. The maximum atomic E-state index is 9.56. The van der Waals surface area contributed by atoms with Crippen LogP contribution in [0.2, 0.25) is 0 Å². The Morgan fingerprint density at radius 1 is 1.19 bits per heavy atom. The number of aliphatic hydroxyl groups is 1. The molecule has 0 aromatic heterocycles. The van der Waals surface area contributed by atoms with E-state index in [4.69, 9.17) is 0 Å². The van der Waals surface area contributed by atoms with E-state index in [0.29, 0.717) is 0 Å². The molecule has 1 atom stereocenters. The molecule has 1 aliphatic carbocycles. The highest BCUT2D eigenvalue weighted by Crippen LogP contribution is 2.24. The highest BCUT2D eigenvalue weighted by Gasteiger charge is 2.21. The van der Waals surface area contributed by atoms with E-state index in [1.165, 1.54) is 58.0 Å². The fourth-order valence-corrected chi connectivity index (χ4v) is 3.45. The van der Waals surface area contributed by atoms with Crippen molar-refractivity contribution in [1.82, 2.24) is 10.2 Å².